The molecule has 1 aliphatic heterocycles. The van der Waals surface area contributed by atoms with Crippen molar-refractivity contribution in [1.29, 1.82) is 0 Å². The molecule has 0 saturated carbocycles. The molecule has 11 heteroatoms. The predicted octanol–water partition coefficient (Wildman–Crippen LogP) is 0.289. The lowest BCUT2D eigenvalue weighted by atomic mass is 10.2. The number of hydrogen-bond acceptors (Lipinski definition) is 8. The molecular formula is C15H22N6O3S2. The Balaban J connectivity index is 1.92. The Morgan fingerprint density at radius 3 is 2.65 bits per heavy atom. The Morgan fingerprint density at radius 1 is 1.27 bits per heavy atom. The summed E-state index contributed by atoms with van der Waals surface area (Å²) in [4.78, 5) is 27.7. The molecule has 0 aromatic carbocycles. The molecule has 9 nitrogen and oxygen atoms in total. The van der Waals surface area contributed by atoms with Gasteiger partial charge in [-0.25, -0.2) is 18.4 Å². The van der Waals surface area contributed by atoms with Crippen LogP contribution in [0.25, 0.3) is 10.3 Å². The smallest absolute Gasteiger partial charge is 0.240 e. The van der Waals surface area contributed by atoms with Crippen LogP contribution in [0.2, 0.25) is 0 Å². The average molecular weight is 399 g/mol. The molecule has 1 unspecified atom stereocenters. The summed E-state index contributed by atoms with van der Waals surface area (Å²) < 4.78 is 26.3. The molecule has 0 aliphatic carbocycles. The number of nitrogens with one attached hydrogen (secondary N) is 1. The van der Waals surface area contributed by atoms with Crippen LogP contribution >= 0.6 is 11.3 Å². The van der Waals surface area contributed by atoms with Crippen molar-refractivity contribution in [2.45, 2.75) is 26.8 Å². The summed E-state index contributed by atoms with van der Waals surface area (Å²) in [6, 6.07) is -0.778. The highest BCUT2D eigenvalue weighted by atomic mass is 32.2. The molecule has 142 valence electrons. The van der Waals surface area contributed by atoms with Gasteiger partial charge >= 0.3 is 0 Å². The number of likely N-dealkylation sites (N-methyl/N-ethyl adjacent to an activating group) is 1. The zero-order chi connectivity index (χ0) is 19.1. The van der Waals surface area contributed by atoms with E-state index in [9.17, 15) is 13.2 Å². The third-order valence-corrected chi connectivity index (χ3v) is 6.71. The van der Waals surface area contributed by atoms with E-state index in [0.717, 1.165) is 21.8 Å². The topological polar surface area (TPSA) is 108 Å². The highest BCUT2D eigenvalue weighted by molar-refractivity contribution is 7.88. The predicted molar refractivity (Wildman–Crippen MR) is 101 cm³/mol. The molecule has 0 spiro atoms. The van der Waals surface area contributed by atoms with Crippen LogP contribution in [-0.2, 0) is 14.8 Å². The number of amides is 1. The molecule has 0 bridgehead atoms. The van der Waals surface area contributed by atoms with Gasteiger partial charge in [-0.15, -0.1) is 0 Å². The number of nitrogens with zero attached hydrogens (tertiary/aromatic N) is 5. The normalized spacial score (nSPS) is 19.1. The maximum absolute atomic E-state index is 12.4. The van der Waals surface area contributed by atoms with E-state index in [0.29, 0.717) is 24.6 Å². The van der Waals surface area contributed by atoms with Crippen molar-refractivity contribution >= 4 is 42.7 Å². The molecule has 3 rings (SSSR count). The Labute approximate surface area is 156 Å². The number of aromatic nitrogens is 3. The summed E-state index contributed by atoms with van der Waals surface area (Å²) in [6.45, 7) is 6.95. The van der Waals surface area contributed by atoms with E-state index in [2.05, 4.69) is 20.3 Å². The summed E-state index contributed by atoms with van der Waals surface area (Å²) in [6.07, 6.45) is 1.13. The lowest BCUT2D eigenvalue weighted by Gasteiger charge is -2.38. The van der Waals surface area contributed by atoms with E-state index < -0.39 is 16.1 Å². The van der Waals surface area contributed by atoms with Crippen LogP contribution in [0.4, 0.5) is 5.13 Å². The fourth-order valence-corrected chi connectivity index (χ4v) is 5.09. The number of rotatable bonds is 4. The van der Waals surface area contributed by atoms with Gasteiger partial charge in [-0.2, -0.15) is 9.29 Å². The highest BCUT2D eigenvalue weighted by Crippen LogP contribution is 2.31. The van der Waals surface area contributed by atoms with E-state index in [1.807, 2.05) is 18.7 Å². The van der Waals surface area contributed by atoms with Crippen molar-refractivity contribution in [2.75, 3.05) is 37.3 Å². The maximum Gasteiger partial charge on any atom is 0.240 e. The van der Waals surface area contributed by atoms with Crippen molar-refractivity contribution in [3.05, 3.63) is 11.5 Å². The van der Waals surface area contributed by atoms with Gasteiger partial charge in [-0.1, -0.05) is 11.3 Å². The molecule has 0 radical (unpaired) electrons. The van der Waals surface area contributed by atoms with Crippen LogP contribution in [0.3, 0.4) is 0 Å². The fourth-order valence-electron chi connectivity index (χ4n) is 3.06. The Bertz CT molecular complexity index is 942. The molecule has 1 fully saturated rings. The Kier molecular flexibility index (Phi) is 5.13. The third kappa shape index (κ3) is 3.64. The SMILES string of the molecule is CCNC(=O)C1CN(c2nc3nc(C)nc(C)c3s2)CCN1S(C)(=O)=O. The number of aryl methyl sites for hydroxylation is 2. The summed E-state index contributed by atoms with van der Waals surface area (Å²) in [7, 11) is -3.47. The minimum Gasteiger partial charge on any atom is -0.355 e. The van der Waals surface area contributed by atoms with Crippen LogP contribution < -0.4 is 10.2 Å². The average Bonchev–Trinajstić information content (AvgIpc) is 2.98. The first kappa shape index (κ1) is 18.9. The van der Waals surface area contributed by atoms with E-state index in [1.165, 1.54) is 15.6 Å². The van der Waals surface area contributed by atoms with Crippen LogP contribution in [0.5, 0.6) is 0 Å². The first-order valence-corrected chi connectivity index (χ1v) is 11.0. The lowest BCUT2D eigenvalue weighted by molar-refractivity contribution is -0.124. The van der Waals surface area contributed by atoms with Crippen LogP contribution in [-0.4, -0.2) is 72.1 Å². The number of thiazole rings is 1. The van der Waals surface area contributed by atoms with Gasteiger partial charge in [0.15, 0.2) is 10.8 Å². The molecule has 26 heavy (non-hydrogen) atoms. The Morgan fingerprint density at radius 2 is 2.00 bits per heavy atom. The number of hydrogen-bond donors (Lipinski definition) is 1. The number of carbonyl (C=O) groups is 1. The minimum atomic E-state index is -3.47. The molecule has 3 heterocycles. The lowest BCUT2D eigenvalue weighted by Crippen LogP contribution is -2.60. The minimum absolute atomic E-state index is 0.236. The first-order chi connectivity index (χ1) is 12.2. The summed E-state index contributed by atoms with van der Waals surface area (Å²) >= 11 is 1.47. The number of piperazine rings is 1. The van der Waals surface area contributed by atoms with Crippen molar-refractivity contribution in [3.63, 3.8) is 0 Å². The van der Waals surface area contributed by atoms with Gasteiger partial charge in [0, 0.05) is 26.2 Å². The van der Waals surface area contributed by atoms with Crippen molar-refractivity contribution in [1.82, 2.24) is 24.6 Å². The zero-order valence-electron chi connectivity index (χ0n) is 15.2. The van der Waals surface area contributed by atoms with Crippen molar-refractivity contribution in [2.24, 2.45) is 0 Å². The van der Waals surface area contributed by atoms with E-state index in [4.69, 9.17) is 0 Å². The van der Waals surface area contributed by atoms with E-state index in [-0.39, 0.29) is 19.0 Å². The van der Waals surface area contributed by atoms with Crippen LogP contribution in [0, 0.1) is 13.8 Å². The quantitative estimate of drug-likeness (QED) is 0.788. The molecule has 2 aromatic heterocycles. The van der Waals surface area contributed by atoms with Crippen LogP contribution in [0.1, 0.15) is 18.4 Å². The molecule has 1 atom stereocenters. The van der Waals surface area contributed by atoms with E-state index >= 15 is 0 Å². The number of carbonyl (C=O) groups excluding carboxylic acids is 1. The number of anilines is 1. The fraction of sp³-hybridized carbons (Fsp3) is 0.600. The maximum atomic E-state index is 12.4. The number of sulfonamides is 1. The van der Waals surface area contributed by atoms with Gasteiger partial charge in [0.05, 0.1) is 16.6 Å². The molecular weight excluding hydrogens is 376 g/mol. The zero-order valence-corrected chi connectivity index (χ0v) is 16.8. The largest absolute Gasteiger partial charge is 0.355 e. The second-order valence-electron chi connectivity index (χ2n) is 6.24. The molecule has 1 saturated heterocycles. The van der Waals surface area contributed by atoms with Gasteiger partial charge in [0.25, 0.3) is 0 Å². The summed E-state index contributed by atoms with van der Waals surface area (Å²) in [5.74, 6) is 0.365. The van der Waals surface area contributed by atoms with Gasteiger partial charge in [0.2, 0.25) is 15.9 Å². The van der Waals surface area contributed by atoms with Gasteiger partial charge in [-0.05, 0) is 20.8 Å². The molecule has 1 aliphatic rings. The number of fused-ring (bicyclic) bond motifs is 1. The summed E-state index contributed by atoms with van der Waals surface area (Å²) in [5.41, 5.74) is 1.50. The van der Waals surface area contributed by atoms with Crippen molar-refractivity contribution in [3.8, 4) is 0 Å². The Hall–Kier alpha value is -1.85. The van der Waals surface area contributed by atoms with Crippen molar-refractivity contribution < 1.29 is 13.2 Å². The molecule has 1 amide bonds. The second-order valence-corrected chi connectivity index (χ2v) is 9.15. The molecule has 1 N–H and O–H groups in total. The molecule has 2 aromatic rings. The van der Waals surface area contributed by atoms with Gasteiger partial charge in [-0.3, -0.25) is 4.79 Å². The third-order valence-electron chi connectivity index (χ3n) is 4.21. The standard InChI is InChI=1S/C15H22N6O3S2/c1-5-16-14(22)11-8-20(6-7-21(11)26(4,23)24)15-19-13-12(25-15)9(2)17-10(3)18-13/h11H,5-8H2,1-4H3,(H,16,22). The van der Waals surface area contributed by atoms with Crippen LogP contribution in [0.15, 0.2) is 0 Å². The van der Waals surface area contributed by atoms with Gasteiger partial charge in [0.1, 0.15) is 11.9 Å². The first-order valence-electron chi connectivity index (χ1n) is 8.32. The monoisotopic (exact) mass is 398 g/mol. The highest BCUT2D eigenvalue weighted by Gasteiger charge is 2.38. The summed E-state index contributed by atoms with van der Waals surface area (Å²) in [5, 5.41) is 3.45. The second kappa shape index (κ2) is 7.05. The van der Waals surface area contributed by atoms with Gasteiger partial charge < -0.3 is 10.2 Å². The van der Waals surface area contributed by atoms with E-state index in [1.54, 1.807) is 6.92 Å².